The summed E-state index contributed by atoms with van der Waals surface area (Å²) in [6, 6.07) is 7.72. The molecule has 3 nitrogen and oxygen atoms in total. The van der Waals surface area contributed by atoms with Crippen molar-refractivity contribution < 1.29 is 5.11 Å². The van der Waals surface area contributed by atoms with Gasteiger partial charge in [0.25, 0.3) is 0 Å². The van der Waals surface area contributed by atoms with Crippen LogP contribution in [-0.4, -0.2) is 10.1 Å². The molecule has 0 unspecified atom stereocenters. The second-order valence-electron chi connectivity index (χ2n) is 3.19. The highest BCUT2D eigenvalue weighted by Crippen LogP contribution is 2.11. The van der Waals surface area contributed by atoms with Crippen molar-refractivity contribution in [3.63, 3.8) is 0 Å². The standard InChI is InChI=1S/C11H12N2OS/c14-6-9-1-3-10(4-2-9)12-5-11-7-15-8-13-11/h1-4,7-8,12,14H,5-6H2. The summed E-state index contributed by atoms with van der Waals surface area (Å²) < 4.78 is 0. The summed E-state index contributed by atoms with van der Waals surface area (Å²) in [5.41, 5.74) is 4.84. The number of nitrogens with one attached hydrogen (secondary N) is 1. The molecule has 0 bridgehead atoms. The van der Waals surface area contributed by atoms with E-state index in [0.717, 1.165) is 23.5 Å². The SMILES string of the molecule is OCc1ccc(NCc2cscn2)cc1. The Morgan fingerprint density at radius 1 is 1.27 bits per heavy atom. The monoisotopic (exact) mass is 220 g/mol. The summed E-state index contributed by atoms with van der Waals surface area (Å²) in [5.74, 6) is 0. The van der Waals surface area contributed by atoms with Crippen molar-refractivity contribution >= 4 is 17.0 Å². The number of hydrogen-bond donors (Lipinski definition) is 2. The zero-order valence-electron chi connectivity index (χ0n) is 8.18. The number of aliphatic hydroxyl groups excluding tert-OH is 1. The lowest BCUT2D eigenvalue weighted by atomic mass is 10.2. The predicted molar refractivity (Wildman–Crippen MR) is 61.8 cm³/mol. The summed E-state index contributed by atoms with van der Waals surface area (Å²) >= 11 is 1.60. The summed E-state index contributed by atoms with van der Waals surface area (Å²) in [5, 5.41) is 14.2. The molecule has 1 heterocycles. The van der Waals surface area contributed by atoms with Crippen molar-refractivity contribution in [3.05, 3.63) is 46.4 Å². The molecular weight excluding hydrogens is 208 g/mol. The Hall–Kier alpha value is -1.39. The molecule has 0 saturated carbocycles. The van der Waals surface area contributed by atoms with Crippen LogP contribution in [-0.2, 0) is 13.2 Å². The van der Waals surface area contributed by atoms with E-state index in [-0.39, 0.29) is 6.61 Å². The fourth-order valence-corrected chi connectivity index (χ4v) is 1.80. The molecule has 2 N–H and O–H groups in total. The van der Waals surface area contributed by atoms with E-state index in [1.165, 1.54) is 0 Å². The third-order valence-electron chi connectivity index (χ3n) is 2.09. The fourth-order valence-electron chi connectivity index (χ4n) is 1.25. The van der Waals surface area contributed by atoms with Gasteiger partial charge in [0, 0.05) is 11.1 Å². The second-order valence-corrected chi connectivity index (χ2v) is 3.91. The number of anilines is 1. The van der Waals surface area contributed by atoms with Gasteiger partial charge in [0.1, 0.15) is 0 Å². The molecule has 0 fully saturated rings. The molecule has 1 aromatic carbocycles. The molecule has 0 saturated heterocycles. The van der Waals surface area contributed by atoms with E-state index in [1.807, 2.05) is 35.2 Å². The van der Waals surface area contributed by atoms with Gasteiger partial charge in [0.15, 0.2) is 0 Å². The summed E-state index contributed by atoms with van der Waals surface area (Å²) in [6.45, 7) is 0.828. The van der Waals surface area contributed by atoms with E-state index in [4.69, 9.17) is 5.11 Å². The van der Waals surface area contributed by atoms with E-state index in [1.54, 1.807) is 11.3 Å². The van der Waals surface area contributed by atoms with E-state index in [9.17, 15) is 0 Å². The van der Waals surface area contributed by atoms with Crippen LogP contribution in [0.1, 0.15) is 11.3 Å². The lowest BCUT2D eigenvalue weighted by Gasteiger charge is -2.04. The first-order valence-corrected chi connectivity index (χ1v) is 5.63. The van der Waals surface area contributed by atoms with Crippen molar-refractivity contribution in [2.45, 2.75) is 13.2 Å². The summed E-state index contributed by atoms with van der Waals surface area (Å²) in [7, 11) is 0. The number of benzene rings is 1. The molecule has 0 aliphatic rings. The number of hydrogen-bond acceptors (Lipinski definition) is 4. The van der Waals surface area contributed by atoms with Crippen molar-refractivity contribution in [1.29, 1.82) is 0 Å². The average Bonchev–Trinajstić information content (AvgIpc) is 2.80. The van der Waals surface area contributed by atoms with Crippen LogP contribution in [0.2, 0.25) is 0 Å². The molecule has 0 radical (unpaired) electrons. The maximum atomic E-state index is 8.88. The lowest BCUT2D eigenvalue weighted by molar-refractivity contribution is 0.282. The molecule has 0 atom stereocenters. The number of rotatable bonds is 4. The molecule has 0 aliphatic heterocycles. The Labute approximate surface area is 92.4 Å². The van der Waals surface area contributed by atoms with Gasteiger partial charge in [-0.3, -0.25) is 0 Å². The minimum Gasteiger partial charge on any atom is -0.392 e. The van der Waals surface area contributed by atoms with Crippen LogP contribution in [0.3, 0.4) is 0 Å². The van der Waals surface area contributed by atoms with Gasteiger partial charge in [-0.15, -0.1) is 11.3 Å². The lowest BCUT2D eigenvalue weighted by Crippen LogP contribution is -1.99. The Kier molecular flexibility index (Phi) is 3.32. The molecule has 0 spiro atoms. The Morgan fingerprint density at radius 3 is 2.67 bits per heavy atom. The topological polar surface area (TPSA) is 45.1 Å². The molecule has 2 aromatic rings. The fraction of sp³-hybridized carbons (Fsp3) is 0.182. The Balaban J connectivity index is 1.93. The summed E-state index contributed by atoms with van der Waals surface area (Å²) in [6.07, 6.45) is 0. The number of aliphatic hydroxyl groups is 1. The molecule has 78 valence electrons. The second kappa shape index (κ2) is 4.91. The van der Waals surface area contributed by atoms with E-state index in [0.29, 0.717) is 0 Å². The zero-order valence-corrected chi connectivity index (χ0v) is 9.00. The van der Waals surface area contributed by atoms with Crippen LogP contribution in [0.5, 0.6) is 0 Å². The van der Waals surface area contributed by atoms with Gasteiger partial charge in [0.2, 0.25) is 0 Å². The van der Waals surface area contributed by atoms with Crippen molar-refractivity contribution in [2.24, 2.45) is 0 Å². The largest absolute Gasteiger partial charge is 0.392 e. The van der Waals surface area contributed by atoms with E-state index in [2.05, 4.69) is 10.3 Å². The number of nitrogens with zero attached hydrogens (tertiary/aromatic N) is 1. The smallest absolute Gasteiger partial charge is 0.0795 e. The summed E-state index contributed by atoms with van der Waals surface area (Å²) in [4.78, 5) is 4.18. The van der Waals surface area contributed by atoms with E-state index >= 15 is 0 Å². The van der Waals surface area contributed by atoms with Gasteiger partial charge in [-0.2, -0.15) is 0 Å². The maximum absolute atomic E-state index is 8.88. The van der Waals surface area contributed by atoms with Gasteiger partial charge >= 0.3 is 0 Å². The first kappa shape index (κ1) is 10.1. The molecule has 15 heavy (non-hydrogen) atoms. The van der Waals surface area contributed by atoms with Crippen LogP contribution < -0.4 is 5.32 Å². The molecule has 0 aliphatic carbocycles. The maximum Gasteiger partial charge on any atom is 0.0795 e. The van der Waals surface area contributed by atoms with Gasteiger partial charge in [-0.25, -0.2) is 4.98 Å². The average molecular weight is 220 g/mol. The normalized spacial score (nSPS) is 10.2. The first-order valence-electron chi connectivity index (χ1n) is 4.69. The van der Waals surface area contributed by atoms with Gasteiger partial charge in [0.05, 0.1) is 24.4 Å². The van der Waals surface area contributed by atoms with Crippen molar-refractivity contribution in [1.82, 2.24) is 4.98 Å². The Bertz CT molecular complexity index is 397. The van der Waals surface area contributed by atoms with Gasteiger partial charge in [-0.1, -0.05) is 12.1 Å². The van der Waals surface area contributed by atoms with Crippen LogP contribution >= 0.6 is 11.3 Å². The number of thiazole rings is 1. The Morgan fingerprint density at radius 2 is 2.07 bits per heavy atom. The predicted octanol–water partition coefficient (Wildman–Crippen LogP) is 2.25. The van der Waals surface area contributed by atoms with Crippen LogP contribution in [0, 0.1) is 0 Å². The van der Waals surface area contributed by atoms with Crippen LogP contribution in [0.25, 0.3) is 0 Å². The quantitative estimate of drug-likeness (QED) is 0.830. The van der Waals surface area contributed by atoms with Crippen LogP contribution in [0.15, 0.2) is 35.2 Å². The first-order chi connectivity index (χ1) is 7.38. The van der Waals surface area contributed by atoms with E-state index < -0.39 is 0 Å². The molecule has 2 rings (SSSR count). The van der Waals surface area contributed by atoms with Crippen molar-refractivity contribution in [3.8, 4) is 0 Å². The zero-order chi connectivity index (χ0) is 10.5. The third kappa shape index (κ3) is 2.78. The van der Waals surface area contributed by atoms with Gasteiger partial charge in [-0.05, 0) is 17.7 Å². The molecule has 0 amide bonds. The van der Waals surface area contributed by atoms with Gasteiger partial charge < -0.3 is 10.4 Å². The highest BCUT2D eigenvalue weighted by Gasteiger charge is 1.95. The molecule has 4 heteroatoms. The van der Waals surface area contributed by atoms with Crippen molar-refractivity contribution in [2.75, 3.05) is 5.32 Å². The molecular formula is C11H12N2OS. The number of aromatic nitrogens is 1. The third-order valence-corrected chi connectivity index (χ3v) is 2.73. The highest BCUT2D eigenvalue weighted by molar-refractivity contribution is 7.07. The molecule has 1 aromatic heterocycles. The highest BCUT2D eigenvalue weighted by atomic mass is 32.1. The minimum absolute atomic E-state index is 0.0896. The van der Waals surface area contributed by atoms with Crippen LogP contribution in [0.4, 0.5) is 5.69 Å². The minimum atomic E-state index is 0.0896.